The molecule has 0 amide bonds. The Labute approximate surface area is 136 Å². The van der Waals surface area contributed by atoms with Crippen LogP contribution >= 0.6 is 11.3 Å². The first-order valence-electron chi connectivity index (χ1n) is 7.86. The van der Waals surface area contributed by atoms with E-state index in [4.69, 9.17) is 0 Å². The van der Waals surface area contributed by atoms with Gasteiger partial charge in [0.25, 0.3) is 10.2 Å². The van der Waals surface area contributed by atoms with Gasteiger partial charge in [-0.2, -0.15) is 17.0 Å². The number of nitrogens with zero attached hydrogens (tertiary/aromatic N) is 4. The molecule has 3 heterocycles. The van der Waals surface area contributed by atoms with Gasteiger partial charge in [0.2, 0.25) is 0 Å². The van der Waals surface area contributed by atoms with Gasteiger partial charge in [0.15, 0.2) is 5.13 Å². The minimum absolute atomic E-state index is 0.440. The van der Waals surface area contributed by atoms with Crippen molar-refractivity contribution in [2.24, 2.45) is 11.8 Å². The van der Waals surface area contributed by atoms with Gasteiger partial charge < -0.3 is 4.90 Å². The van der Waals surface area contributed by atoms with Gasteiger partial charge in [-0.25, -0.2) is 4.98 Å². The molecular formula is C14H24N4O2S2. The molecule has 0 aromatic carbocycles. The van der Waals surface area contributed by atoms with Gasteiger partial charge in [-0.1, -0.05) is 13.8 Å². The Morgan fingerprint density at radius 3 is 2.27 bits per heavy atom. The Balaban J connectivity index is 1.64. The summed E-state index contributed by atoms with van der Waals surface area (Å²) in [4.78, 5) is 6.47. The lowest BCUT2D eigenvalue weighted by atomic mass is 9.94. The summed E-state index contributed by atoms with van der Waals surface area (Å²) >= 11 is 1.60. The van der Waals surface area contributed by atoms with Crippen molar-refractivity contribution in [2.45, 2.75) is 20.3 Å². The second kappa shape index (κ2) is 6.43. The van der Waals surface area contributed by atoms with E-state index in [9.17, 15) is 8.42 Å². The summed E-state index contributed by atoms with van der Waals surface area (Å²) in [6.07, 6.45) is 2.91. The maximum Gasteiger partial charge on any atom is 0.282 e. The number of rotatable bonds is 3. The number of aromatic nitrogens is 1. The van der Waals surface area contributed by atoms with E-state index in [2.05, 4.69) is 23.7 Å². The number of thiazole rings is 1. The van der Waals surface area contributed by atoms with E-state index < -0.39 is 10.2 Å². The van der Waals surface area contributed by atoms with Crippen molar-refractivity contribution < 1.29 is 8.42 Å². The van der Waals surface area contributed by atoms with Crippen LogP contribution in [0.25, 0.3) is 0 Å². The average molecular weight is 345 g/mol. The second-order valence-electron chi connectivity index (χ2n) is 6.47. The summed E-state index contributed by atoms with van der Waals surface area (Å²) in [5.74, 6) is 0.880. The fourth-order valence-corrected chi connectivity index (χ4v) is 5.97. The molecule has 3 rings (SSSR count). The van der Waals surface area contributed by atoms with Crippen LogP contribution in [0.1, 0.15) is 20.3 Å². The van der Waals surface area contributed by atoms with Crippen molar-refractivity contribution in [3.05, 3.63) is 11.6 Å². The van der Waals surface area contributed by atoms with Crippen LogP contribution in [-0.2, 0) is 10.2 Å². The van der Waals surface area contributed by atoms with Crippen molar-refractivity contribution in [1.29, 1.82) is 0 Å². The number of piperidine rings is 1. The smallest absolute Gasteiger partial charge is 0.282 e. The minimum atomic E-state index is -3.32. The van der Waals surface area contributed by atoms with E-state index in [1.165, 1.54) is 0 Å². The molecule has 2 aliphatic rings. The highest BCUT2D eigenvalue weighted by molar-refractivity contribution is 7.86. The van der Waals surface area contributed by atoms with Gasteiger partial charge in [-0.3, -0.25) is 0 Å². The highest BCUT2D eigenvalue weighted by atomic mass is 32.2. The molecule has 22 heavy (non-hydrogen) atoms. The first-order valence-corrected chi connectivity index (χ1v) is 10.1. The Bertz CT molecular complexity index is 572. The topological polar surface area (TPSA) is 56.8 Å². The second-order valence-corrected chi connectivity index (χ2v) is 9.27. The van der Waals surface area contributed by atoms with Crippen LogP contribution < -0.4 is 4.90 Å². The lowest BCUT2D eigenvalue weighted by molar-refractivity contribution is 0.207. The summed E-state index contributed by atoms with van der Waals surface area (Å²) in [5, 5.41) is 2.94. The van der Waals surface area contributed by atoms with Crippen molar-refractivity contribution in [1.82, 2.24) is 13.6 Å². The molecule has 0 N–H and O–H groups in total. The third-order valence-electron chi connectivity index (χ3n) is 4.42. The fourth-order valence-electron chi connectivity index (χ4n) is 3.44. The van der Waals surface area contributed by atoms with E-state index in [0.717, 1.165) is 11.6 Å². The van der Waals surface area contributed by atoms with Crippen LogP contribution in [-0.4, -0.2) is 61.3 Å². The molecule has 6 nitrogen and oxygen atoms in total. The summed E-state index contributed by atoms with van der Waals surface area (Å²) < 4.78 is 29.0. The zero-order valence-electron chi connectivity index (χ0n) is 13.2. The maximum absolute atomic E-state index is 12.8. The standard InChI is InChI=1S/C14H24N4O2S2/c1-12-9-13(2)11-18(10-12)22(19,20)17-6-4-16(5-7-17)14-15-3-8-21-14/h3,8,12-13H,4-7,9-11H2,1-2H3. The van der Waals surface area contributed by atoms with Crippen molar-refractivity contribution in [3.8, 4) is 0 Å². The predicted octanol–water partition coefficient (Wildman–Crippen LogP) is 1.49. The van der Waals surface area contributed by atoms with Gasteiger partial charge >= 0.3 is 0 Å². The third-order valence-corrected chi connectivity index (χ3v) is 7.22. The first kappa shape index (κ1) is 16.2. The molecule has 2 aliphatic heterocycles. The van der Waals surface area contributed by atoms with Gasteiger partial charge in [0.1, 0.15) is 0 Å². The molecule has 0 aliphatic carbocycles. The van der Waals surface area contributed by atoms with E-state index in [0.29, 0.717) is 51.1 Å². The van der Waals surface area contributed by atoms with E-state index in [1.54, 1.807) is 26.1 Å². The van der Waals surface area contributed by atoms with Crippen LogP contribution in [0.15, 0.2) is 11.6 Å². The molecule has 1 aromatic rings. The van der Waals surface area contributed by atoms with E-state index >= 15 is 0 Å². The SMILES string of the molecule is CC1CC(C)CN(S(=O)(=O)N2CCN(c3nccs3)CC2)C1. The lowest BCUT2D eigenvalue weighted by Crippen LogP contribution is -2.55. The minimum Gasteiger partial charge on any atom is -0.345 e. The molecule has 2 atom stereocenters. The summed E-state index contributed by atoms with van der Waals surface area (Å²) in [6.45, 7) is 8.09. The molecule has 124 valence electrons. The summed E-state index contributed by atoms with van der Waals surface area (Å²) in [5.41, 5.74) is 0. The van der Waals surface area contributed by atoms with Gasteiger partial charge in [0.05, 0.1) is 0 Å². The quantitative estimate of drug-likeness (QED) is 0.834. The molecule has 0 spiro atoms. The molecule has 8 heteroatoms. The van der Waals surface area contributed by atoms with Crippen LogP contribution in [0.5, 0.6) is 0 Å². The zero-order valence-corrected chi connectivity index (χ0v) is 14.8. The molecule has 1 aromatic heterocycles. The van der Waals surface area contributed by atoms with Crippen LogP contribution in [0.2, 0.25) is 0 Å². The Morgan fingerprint density at radius 2 is 1.73 bits per heavy atom. The van der Waals surface area contributed by atoms with Gasteiger partial charge in [-0.05, 0) is 18.3 Å². The Hall–Kier alpha value is -0.700. The number of hydrogen-bond acceptors (Lipinski definition) is 5. The van der Waals surface area contributed by atoms with Crippen molar-refractivity contribution >= 4 is 26.7 Å². The fraction of sp³-hybridized carbons (Fsp3) is 0.786. The molecule has 0 bridgehead atoms. The highest BCUT2D eigenvalue weighted by Gasteiger charge is 2.36. The van der Waals surface area contributed by atoms with Crippen molar-refractivity contribution in [2.75, 3.05) is 44.2 Å². The third kappa shape index (κ3) is 3.29. The molecule has 0 radical (unpaired) electrons. The normalized spacial score (nSPS) is 28.9. The van der Waals surface area contributed by atoms with Crippen molar-refractivity contribution in [3.63, 3.8) is 0 Å². The largest absolute Gasteiger partial charge is 0.345 e. The number of anilines is 1. The predicted molar refractivity (Wildman–Crippen MR) is 89.3 cm³/mol. The van der Waals surface area contributed by atoms with E-state index in [-0.39, 0.29) is 0 Å². The highest BCUT2D eigenvalue weighted by Crippen LogP contribution is 2.26. The van der Waals surface area contributed by atoms with Crippen LogP contribution in [0, 0.1) is 11.8 Å². The maximum atomic E-state index is 12.8. The Kier molecular flexibility index (Phi) is 4.72. The molecule has 2 fully saturated rings. The van der Waals surface area contributed by atoms with E-state index in [1.807, 2.05) is 5.38 Å². The molecule has 2 unspecified atom stereocenters. The number of piperazine rings is 1. The molecule has 2 saturated heterocycles. The van der Waals surface area contributed by atoms with Gasteiger partial charge in [-0.15, -0.1) is 11.3 Å². The zero-order chi connectivity index (χ0) is 15.7. The van der Waals surface area contributed by atoms with Crippen LogP contribution in [0.3, 0.4) is 0 Å². The average Bonchev–Trinajstić information content (AvgIpc) is 3.00. The lowest BCUT2D eigenvalue weighted by Gasteiger charge is -2.40. The summed E-state index contributed by atoms with van der Waals surface area (Å²) in [6, 6.07) is 0. The summed E-state index contributed by atoms with van der Waals surface area (Å²) in [7, 11) is -3.32. The first-order chi connectivity index (χ1) is 10.5. The van der Waals surface area contributed by atoms with Gasteiger partial charge in [0, 0.05) is 50.8 Å². The molecule has 0 saturated carbocycles. The monoisotopic (exact) mass is 344 g/mol. The number of hydrogen-bond donors (Lipinski definition) is 0. The Morgan fingerprint density at radius 1 is 1.09 bits per heavy atom. The van der Waals surface area contributed by atoms with Crippen LogP contribution in [0.4, 0.5) is 5.13 Å². The molecular weight excluding hydrogens is 320 g/mol.